The van der Waals surface area contributed by atoms with Crippen molar-refractivity contribution in [3.8, 4) is 0 Å². The molecule has 3 atom stereocenters. The highest BCUT2D eigenvalue weighted by atomic mass is 32.2. The van der Waals surface area contributed by atoms with Gasteiger partial charge in [0.1, 0.15) is 18.3 Å². The summed E-state index contributed by atoms with van der Waals surface area (Å²) in [5.41, 5.74) is 0. The number of thioether (sulfide) groups is 2. The van der Waals surface area contributed by atoms with Gasteiger partial charge in [-0.2, -0.15) is 0 Å². The maximum atomic E-state index is 10.4. The monoisotopic (exact) mass is 352 g/mol. The fraction of sp³-hybridized carbons (Fsp3) is 0.294. The molecular formula is C17H20O4S2. The maximum absolute atomic E-state index is 10.4. The van der Waals surface area contributed by atoms with E-state index in [0.29, 0.717) is 0 Å². The van der Waals surface area contributed by atoms with E-state index in [-0.39, 0.29) is 0 Å². The van der Waals surface area contributed by atoms with E-state index in [2.05, 4.69) is 0 Å². The van der Waals surface area contributed by atoms with Crippen LogP contribution in [0.15, 0.2) is 70.5 Å². The molecule has 0 amide bonds. The van der Waals surface area contributed by atoms with E-state index >= 15 is 0 Å². The first-order valence-corrected chi connectivity index (χ1v) is 8.96. The number of rotatable bonds is 8. The lowest BCUT2D eigenvalue weighted by Gasteiger charge is -2.28. The minimum atomic E-state index is -1.42. The summed E-state index contributed by atoms with van der Waals surface area (Å²) in [5.74, 6) is 0. The highest BCUT2D eigenvalue weighted by Gasteiger charge is 2.32. The van der Waals surface area contributed by atoms with E-state index < -0.39 is 29.5 Å². The van der Waals surface area contributed by atoms with Crippen LogP contribution < -0.4 is 0 Å². The highest BCUT2D eigenvalue weighted by Crippen LogP contribution is 2.38. The summed E-state index contributed by atoms with van der Waals surface area (Å²) in [6, 6.07) is 19.1. The molecule has 0 saturated carbocycles. The minimum Gasteiger partial charge on any atom is -0.394 e. The molecule has 2 rings (SSSR count). The lowest BCUT2D eigenvalue weighted by molar-refractivity contribution is -0.0706. The third-order valence-corrected chi connectivity index (χ3v) is 5.89. The summed E-state index contributed by atoms with van der Waals surface area (Å²) in [4.78, 5) is 1.90. The number of benzene rings is 2. The molecule has 2 aromatic rings. The zero-order chi connectivity index (χ0) is 16.7. The van der Waals surface area contributed by atoms with Crippen LogP contribution in [0.5, 0.6) is 0 Å². The second-order valence-corrected chi connectivity index (χ2v) is 7.69. The fourth-order valence-electron chi connectivity index (χ4n) is 1.93. The number of aliphatic hydroxyl groups excluding tert-OH is 4. The van der Waals surface area contributed by atoms with Crippen LogP contribution in [0.25, 0.3) is 0 Å². The van der Waals surface area contributed by atoms with Crippen molar-refractivity contribution in [3.05, 3.63) is 60.7 Å². The Labute approximate surface area is 144 Å². The molecule has 0 radical (unpaired) electrons. The van der Waals surface area contributed by atoms with Gasteiger partial charge in [0.2, 0.25) is 0 Å². The van der Waals surface area contributed by atoms with E-state index in [4.69, 9.17) is 5.11 Å². The lowest BCUT2D eigenvalue weighted by Crippen LogP contribution is -2.43. The SMILES string of the molecule is OC[C@H](O)[C@H](O)[C@@H](O)C(Sc1ccccc1)Sc1ccccc1. The second-order valence-electron chi connectivity index (χ2n) is 4.96. The maximum Gasteiger partial charge on any atom is 0.110 e. The Morgan fingerprint density at radius 2 is 1.13 bits per heavy atom. The van der Waals surface area contributed by atoms with Gasteiger partial charge in [-0.3, -0.25) is 0 Å². The summed E-state index contributed by atoms with van der Waals surface area (Å²) in [5, 5.41) is 39.0. The van der Waals surface area contributed by atoms with Crippen molar-refractivity contribution in [2.45, 2.75) is 32.7 Å². The molecule has 2 aromatic carbocycles. The van der Waals surface area contributed by atoms with Gasteiger partial charge in [-0.05, 0) is 24.3 Å². The molecule has 0 saturated heterocycles. The summed E-state index contributed by atoms with van der Waals surface area (Å²) in [6.07, 6.45) is -4.00. The Hall–Kier alpha value is -1.02. The Morgan fingerprint density at radius 3 is 1.52 bits per heavy atom. The van der Waals surface area contributed by atoms with Gasteiger partial charge in [0.25, 0.3) is 0 Å². The number of aliphatic hydroxyl groups is 4. The zero-order valence-corrected chi connectivity index (χ0v) is 14.0. The second kappa shape index (κ2) is 9.32. The van der Waals surface area contributed by atoms with E-state index in [1.54, 1.807) is 0 Å². The van der Waals surface area contributed by atoms with Gasteiger partial charge in [-0.15, -0.1) is 23.5 Å². The normalized spacial score (nSPS) is 15.3. The molecule has 0 aromatic heterocycles. The lowest BCUT2D eigenvalue weighted by atomic mass is 10.1. The largest absolute Gasteiger partial charge is 0.394 e. The van der Waals surface area contributed by atoms with Gasteiger partial charge >= 0.3 is 0 Å². The van der Waals surface area contributed by atoms with Crippen LogP contribution in [-0.2, 0) is 0 Å². The summed E-state index contributed by atoms with van der Waals surface area (Å²) in [6.45, 7) is -0.600. The first-order chi connectivity index (χ1) is 11.1. The Morgan fingerprint density at radius 1 is 0.696 bits per heavy atom. The van der Waals surface area contributed by atoms with Crippen molar-refractivity contribution in [1.29, 1.82) is 0 Å². The van der Waals surface area contributed by atoms with Crippen molar-refractivity contribution in [1.82, 2.24) is 0 Å². The van der Waals surface area contributed by atoms with Crippen molar-refractivity contribution >= 4 is 23.5 Å². The Kier molecular flexibility index (Phi) is 7.42. The molecular weight excluding hydrogens is 332 g/mol. The van der Waals surface area contributed by atoms with Crippen molar-refractivity contribution in [2.24, 2.45) is 0 Å². The van der Waals surface area contributed by atoms with Gasteiger partial charge in [0.15, 0.2) is 0 Å². The van der Waals surface area contributed by atoms with Gasteiger partial charge in [0, 0.05) is 9.79 Å². The molecule has 0 bridgehead atoms. The van der Waals surface area contributed by atoms with Gasteiger partial charge < -0.3 is 20.4 Å². The molecule has 23 heavy (non-hydrogen) atoms. The summed E-state index contributed by atoms with van der Waals surface area (Å²) < 4.78 is -0.434. The molecule has 0 spiro atoms. The molecule has 6 heteroatoms. The van der Waals surface area contributed by atoms with E-state index in [1.807, 2.05) is 60.7 Å². The fourth-order valence-corrected chi connectivity index (χ4v) is 4.55. The van der Waals surface area contributed by atoms with E-state index in [9.17, 15) is 15.3 Å². The van der Waals surface area contributed by atoms with Crippen LogP contribution in [0.1, 0.15) is 0 Å². The molecule has 0 unspecified atom stereocenters. The molecule has 4 nitrogen and oxygen atoms in total. The molecule has 0 fully saturated rings. The zero-order valence-electron chi connectivity index (χ0n) is 12.4. The molecule has 0 aliphatic carbocycles. The van der Waals surface area contributed by atoms with Crippen molar-refractivity contribution < 1.29 is 20.4 Å². The number of hydrogen-bond acceptors (Lipinski definition) is 6. The van der Waals surface area contributed by atoms with Gasteiger partial charge in [0.05, 0.1) is 11.2 Å². The van der Waals surface area contributed by atoms with Crippen LogP contribution >= 0.6 is 23.5 Å². The minimum absolute atomic E-state index is 0.434. The molecule has 4 N–H and O–H groups in total. The van der Waals surface area contributed by atoms with Crippen molar-refractivity contribution in [2.75, 3.05) is 6.61 Å². The quantitative estimate of drug-likeness (QED) is 0.430. The Bertz CT molecular complexity index is 526. The smallest absolute Gasteiger partial charge is 0.110 e. The van der Waals surface area contributed by atoms with Crippen molar-refractivity contribution in [3.63, 3.8) is 0 Å². The average Bonchev–Trinajstić information content (AvgIpc) is 2.61. The third-order valence-electron chi connectivity index (χ3n) is 3.20. The molecule has 0 aliphatic heterocycles. The van der Waals surface area contributed by atoms with Crippen LogP contribution in [0.4, 0.5) is 0 Å². The topological polar surface area (TPSA) is 80.9 Å². The molecule has 0 heterocycles. The van der Waals surface area contributed by atoms with Crippen LogP contribution in [-0.4, -0.2) is 49.9 Å². The Balaban J connectivity index is 2.16. The molecule has 124 valence electrons. The van der Waals surface area contributed by atoms with Gasteiger partial charge in [-0.25, -0.2) is 0 Å². The van der Waals surface area contributed by atoms with Crippen LogP contribution in [0.2, 0.25) is 0 Å². The van der Waals surface area contributed by atoms with Crippen LogP contribution in [0.3, 0.4) is 0 Å². The van der Waals surface area contributed by atoms with E-state index in [1.165, 1.54) is 23.5 Å². The van der Waals surface area contributed by atoms with Crippen LogP contribution in [0, 0.1) is 0 Å². The first-order valence-electron chi connectivity index (χ1n) is 7.20. The highest BCUT2D eigenvalue weighted by molar-refractivity contribution is 8.17. The number of hydrogen-bond donors (Lipinski definition) is 4. The van der Waals surface area contributed by atoms with Gasteiger partial charge in [-0.1, -0.05) is 36.4 Å². The third kappa shape index (κ3) is 5.53. The predicted molar refractivity (Wildman–Crippen MR) is 93.5 cm³/mol. The molecule has 0 aliphatic rings. The summed E-state index contributed by atoms with van der Waals surface area (Å²) in [7, 11) is 0. The standard InChI is InChI=1S/C17H20O4S2/c18-11-14(19)15(20)16(21)17(22-12-7-3-1-4-8-12)23-13-9-5-2-6-10-13/h1-10,14-21H,11H2/t14-,15-,16+/m0/s1. The predicted octanol–water partition coefficient (Wildman–Crippen LogP) is 1.97. The first kappa shape index (κ1) is 18.3. The van der Waals surface area contributed by atoms with E-state index in [0.717, 1.165) is 9.79 Å². The summed E-state index contributed by atoms with van der Waals surface area (Å²) >= 11 is 2.82. The average molecular weight is 352 g/mol.